The number of hydrogen-bond donors (Lipinski definition) is 1. The number of carbonyl (C=O) groups is 2. The molecule has 130 valence electrons. The molecular weight excluding hydrogens is 304 g/mol. The highest BCUT2D eigenvalue weighted by Crippen LogP contribution is 2.72. The molecule has 7 atom stereocenters. The fourth-order valence-electron chi connectivity index (χ4n) is 7.70. The average molecular weight is 330 g/mol. The van der Waals surface area contributed by atoms with Gasteiger partial charge in [-0.25, -0.2) is 0 Å². The molecule has 0 amide bonds. The summed E-state index contributed by atoms with van der Waals surface area (Å²) in [6, 6.07) is 0. The zero-order chi connectivity index (χ0) is 16.9. The van der Waals surface area contributed by atoms with E-state index in [9.17, 15) is 14.7 Å². The van der Waals surface area contributed by atoms with Crippen molar-refractivity contribution in [2.45, 2.75) is 58.0 Å². The number of aliphatic hydroxyl groups is 1. The molecular formula is C20H26O4. The van der Waals surface area contributed by atoms with Crippen molar-refractivity contribution in [1.82, 2.24) is 0 Å². The van der Waals surface area contributed by atoms with Gasteiger partial charge < -0.3 is 9.84 Å². The molecule has 4 nitrogen and oxygen atoms in total. The van der Waals surface area contributed by atoms with Gasteiger partial charge in [-0.1, -0.05) is 18.6 Å². The Hall–Kier alpha value is -1.16. The van der Waals surface area contributed by atoms with Gasteiger partial charge in [-0.3, -0.25) is 9.59 Å². The molecule has 5 rings (SSSR count). The van der Waals surface area contributed by atoms with Gasteiger partial charge in [0.2, 0.25) is 0 Å². The van der Waals surface area contributed by atoms with Crippen molar-refractivity contribution < 1.29 is 19.4 Å². The van der Waals surface area contributed by atoms with Crippen LogP contribution in [0, 0.1) is 34.0 Å². The Labute approximate surface area is 142 Å². The van der Waals surface area contributed by atoms with Crippen LogP contribution in [0.3, 0.4) is 0 Å². The van der Waals surface area contributed by atoms with Crippen LogP contribution in [-0.2, 0) is 14.3 Å². The lowest BCUT2D eigenvalue weighted by molar-refractivity contribution is -0.247. The number of hydrogen-bond acceptors (Lipinski definition) is 4. The standard InChI is InChI=1S/C20H26O4/c1-11-8-20-9-12(11)4-5-13(20)19-7-3-6-18(2,17(23)24-10-19)15(19)14(21)16(20)22/h12-15,21H,1,3-10H2,2H3/t12-,13+,14+,15-,18-,19-,20+/m1/s1. The second kappa shape index (κ2) is 4.32. The van der Waals surface area contributed by atoms with Gasteiger partial charge in [0.15, 0.2) is 5.78 Å². The largest absolute Gasteiger partial charge is 0.465 e. The van der Waals surface area contributed by atoms with Crippen LogP contribution in [0.4, 0.5) is 0 Å². The molecule has 4 bridgehead atoms. The third kappa shape index (κ3) is 1.43. The molecule has 0 unspecified atom stereocenters. The number of Topliss-reactive ketones (excluding diaryl/α,β-unsaturated/α-hetero) is 1. The van der Waals surface area contributed by atoms with Crippen molar-refractivity contribution >= 4 is 11.8 Å². The van der Waals surface area contributed by atoms with Crippen molar-refractivity contribution in [3.63, 3.8) is 0 Å². The third-order valence-electron chi connectivity index (χ3n) is 8.55. The van der Waals surface area contributed by atoms with Crippen molar-refractivity contribution in [3.8, 4) is 0 Å². The molecule has 0 aromatic carbocycles. The van der Waals surface area contributed by atoms with E-state index in [4.69, 9.17) is 4.74 Å². The van der Waals surface area contributed by atoms with Crippen molar-refractivity contribution in [2.24, 2.45) is 34.0 Å². The van der Waals surface area contributed by atoms with Crippen LogP contribution in [0.15, 0.2) is 12.2 Å². The molecule has 1 N–H and O–H groups in total. The summed E-state index contributed by atoms with van der Waals surface area (Å²) in [6.45, 7) is 6.54. The smallest absolute Gasteiger partial charge is 0.312 e. The summed E-state index contributed by atoms with van der Waals surface area (Å²) in [6.07, 6.45) is 5.33. The van der Waals surface area contributed by atoms with Crippen LogP contribution in [0.5, 0.6) is 0 Å². The van der Waals surface area contributed by atoms with E-state index in [2.05, 4.69) is 6.58 Å². The summed E-state index contributed by atoms with van der Waals surface area (Å²) in [5.41, 5.74) is -0.180. The Kier molecular flexibility index (Phi) is 2.72. The van der Waals surface area contributed by atoms with Crippen molar-refractivity contribution in [1.29, 1.82) is 0 Å². The first-order chi connectivity index (χ1) is 11.4. The number of cyclic esters (lactones) is 1. The van der Waals surface area contributed by atoms with Crippen molar-refractivity contribution in [2.75, 3.05) is 6.61 Å². The number of rotatable bonds is 0. The van der Waals surface area contributed by atoms with Gasteiger partial charge in [-0.05, 0) is 57.3 Å². The van der Waals surface area contributed by atoms with Gasteiger partial charge in [-0.15, -0.1) is 0 Å². The predicted octanol–water partition coefficient (Wildman–Crippen LogP) is 2.64. The number of carbonyl (C=O) groups excluding carboxylic acids is 2. The van der Waals surface area contributed by atoms with Gasteiger partial charge in [0.05, 0.1) is 12.0 Å². The number of fused-ring (bicyclic) bond motifs is 1. The molecule has 1 heterocycles. The summed E-state index contributed by atoms with van der Waals surface area (Å²) >= 11 is 0. The first kappa shape index (κ1) is 15.1. The van der Waals surface area contributed by atoms with E-state index in [1.165, 1.54) is 5.57 Å². The van der Waals surface area contributed by atoms with Crippen LogP contribution in [-0.4, -0.2) is 29.6 Å². The predicted molar refractivity (Wildman–Crippen MR) is 86.9 cm³/mol. The Morgan fingerprint density at radius 3 is 2.83 bits per heavy atom. The molecule has 0 aromatic heterocycles. The summed E-state index contributed by atoms with van der Waals surface area (Å²) in [7, 11) is 0. The average Bonchev–Trinajstić information content (AvgIpc) is 2.80. The lowest BCUT2D eigenvalue weighted by atomic mass is 9.38. The fourth-order valence-corrected chi connectivity index (χ4v) is 7.70. The monoisotopic (exact) mass is 330 g/mol. The van der Waals surface area contributed by atoms with Crippen LogP contribution in [0.2, 0.25) is 0 Å². The number of ketones is 1. The Morgan fingerprint density at radius 1 is 1.25 bits per heavy atom. The molecule has 4 saturated carbocycles. The van der Waals surface area contributed by atoms with Crippen LogP contribution < -0.4 is 0 Å². The minimum absolute atomic E-state index is 0.000648. The molecule has 0 radical (unpaired) electrons. The van der Waals surface area contributed by atoms with Crippen LogP contribution in [0.1, 0.15) is 51.9 Å². The minimum atomic E-state index is -1.02. The number of ether oxygens (including phenoxy) is 1. The maximum absolute atomic E-state index is 13.4. The van der Waals surface area contributed by atoms with Gasteiger partial charge in [0, 0.05) is 16.7 Å². The van der Waals surface area contributed by atoms with E-state index >= 15 is 0 Å². The summed E-state index contributed by atoms with van der Waals surface area (Å²) in [4.78, 5) is 25.9. The van der Waals surface area contributed by atoms with E-state index in [0.717, 1.165) is 44.9 Å². The van der Waals surface area contributed by atoms with Crippen LogP contribution >= 0.6 is 0 Å². The highest BCUT2D eigenvalue weighted by Gasteiger charge is 2.74. The zero-order valence-electron chi connectivity index (χ0n) is 14.3. The normalized spacial score (nSPS) is 55.7. The molecule has 24 heavy (non-hydrogen) atoms. The Bertz CT molecular complexity index is 669. The van der Waals surface area contributed by atoms with Gasteiger partial charge in [0.1, 0.15) is 6.10 Å². The maximum Gasteiger partial charge on any atom is 0.312 e. The first-order valence-corrected chi connectivity index (χ1v) is 9.42. The van der Waals surface area contributed by atoms with E-state index in [1.54, 1.807) is 0 Å². The van der Waals surface area contributed by atoms with E-state index in [0.29, 0.717) is 12.5 Å². The molecule has 5 aliphatic rings. The molecule has 4 aliphatic carbocycles. The summed E-state index contributed by atoms with van der Waals surface area (Å²) < 4.78 is 5.69. The van der Waals surface area contributed by atoms with Gasteiger partial charge >= 0.3 is 5.97 Å². The third-order valence-corrected chi connectivity index (χ3v) is 8.55. The summed E-state index contributed by atoms with van der Waals surface area (Å²) in [5, 5.41) is 11.1. The lowest BCUT2D eigenvalue weighted by Gasteiger charge is -2.66. The lowest BCUT2D eigenvalue weighted by Crippen LogP contribution is -2.71. The SMILES string of the molecule is C=C1C[C@]23C[C@H]1CC[C@H]2[C@@]12CCC[C@@](C)(C(=O)OC1)[C@H]2[C@H](O)C3=O. The second-order valence-electron chi connectivity index (χ2n) is 9.39. The summed E-state index contributed by atoms with van der Waals surface area (Å²) in [5.74, 6) is 0.184. The van der Waals surface area contributed by atoms with Gasteiger partial charge in [0.25, 0.3) is 0 Å². The van der Waals surface area contributed by atoms with Crippen LogP contribution in [0.25, 0.3) is 0 Å². The molecule has 1 spiro atoms. The number of aliphatic hydroxyl groups excluding tert-OH is 1. The quantitative estimate of drug-likeness (QED) is 0.548. The van der Waals surface area contributed by atoms with E-state index < -0.39 is 16.9 Å². The van der Waals surface area contributed by atoms with E-state index in [-0.39, 0.29) is 29.0 Å². The first-order valence-electron chi connectivity index (χ1n) is 9.42. The second-order valence-corrected chi connectivity index (χ2v) is 9.39. The molecule has 5 fully saturated rings. The molecule has 4 heteroatoms. The Balaban J connectivity index is 1.70. The highest BCUT2D eigenvalue weighted by molar-refractivity contribution is 5.93. The van der Waals surface area contributed by atoms with Gasteiger partial charge in [-0.2, -0.15) is 0 Å². The minimum Gasteiger partial charge on any atom is -0.465 e. The molecule has 0 aromatic rings. The fraction of sp³-hybridized carbons (Fsp3) is 0.800. The number of esters is 1. The molecule has 1 aliphatic heterocycles. The number of allylic oxidation sites excluding steroid dienone is 1. The van der Waals surface area contributed by atoms with Crippen molar-refractivity contribution in [3.05, 3.63) is 12.2 Å². The maximum atomic E-state index is 13.4. The van der Waals surface area contributed by atoms with E-state index in [1.807, 2.05) is 6.92 Å². The Morgan fingerprint density at radius 2 is 2.04 bits per heavy atom. The highest BCUT2D eigenvalue weighted by atomic mass is 16.5. The molecule has 1 saturated heterocycles. The topological polar surface area (TPSA) is 63.6 Å². The zero-order valence-corrected chi connectivity index (χ0v) is 14.3.